The van der Waals surface area contributed by atoms with Crippen molar-refractivity contribution in [2.75, 3.05) is 7.11 Å². The summed E-state index contributed by atoms with van der Waals surface area (Å²) in [5.74, 6) is 0.227. The summed E-state index contributed by atoms with van der Waals surface area (Å²) in [5, 5.41) is 10.5. The number of aliphatic hydroxyl groups is 1. The molecule has 0 amide bonds. The number of halogens is 2. The minimum atomic E-state index is -0.805. The Balaban J connectivity index is 2.18. The molecule has 0 saturated heterocycles. The summed E-state index contributed by atoms with van der Waals surface area (Å²) in [5.41, 5.74) is 1.11. The molecule has 0 aromatic heterocycles. The quantitative estimate of drug-likeness (QED) is 0.924. The topological polar surface area (TPSA) is 29.5 Å². The molecule has 0 bridgehead atoms. The molecule has 4 heteroatoms. The van der Waals surface area contributed by atoms with E-state index in [-0.39, 0.29) is 12.2 Å². The highest BCUT2D eigenvalue weighted by Crippen LogP contribution is 2.29. The van der Waals surface area contributed by atoms with Gasteiger partial charge in [0.15, 0.2) is 0 Å². The molecule has 2 aromatic carbocycles. The summed E-state index contributed by atoms with van der Waals surface area (Å²) in [6.45, 7) is 0. The molecule has 19 heavy (non-hydrogen) atoms. The van der Waals surface area contributed by atoms with E-state index in [1.54, 1.807) is 36.4 Å². The third-order valence-electron chi connectivity index (χ3n) is 2.93. The van der Waals surface area contributed by atoms with Crippen LogP contribution in [-0.4, -0.2) is 12.2 Å². The lowest BCUT2D eigenvalue weighted by Gasteiger charge is -2.13. The third-order valence-corrected chi connectivity index (χ3v) is 3.23. The van der Waals surface area contributed by atoms with Gasteiger partial charge in [-0.25, -0.2) is 4.39 Å². The standard InChI is InChI=1S/C15H14ClFO2/c1-19-15-7-6-11(8-12(15)16)14(18)9-10-4-2-3-5-13(10)17/h2-8,14,18H,9H2,1H3. The van der Waals surface area contributed by atoms with Gasteiger partial charge in [-0.15, -0.1) is 0 Å². The fraction of sp³-hybridized carbons (Fsp3) is 0.200. The van der Waals surface area contributed by atoms with Gasteiger partial charge < -0.3 is 9.84 Å². The Morgan fingerprint density at radius 3 is 2.63 bits per heavy atom. The van der Waals surface area contributed by atoms with Gasteiger partial charge in [0, 0.05) is 6.42 Å². The van der Waals surface area contributed by atoms with Crippen LogP contribution in [0, 0.1) is 5.82 Å². The second-order valence-electron chi connectivity index (χ2n) is 4.21. The van der Waals surface area contributed by atoms with Crippen LogP contribution in [-0.2, 0) is 6.42 Å². The Bertz CT molecular complexity index is 572. The van der Waals surface area contributed by atoms with Crippen LogP contribution in [0.3, 0.4) is 0 Å². The van der Waals surface area contributed by atoms with E-state index >= 15 is 0 Å². The average molecular weight is 281 g/mol. The van der Waals surface area contributed by atoms with Gasteiger partial charge in [0.1, 0.15) is 11.6 Å². The number of ether oxygens (including phenoxy) is 1. The predicted molar refractivity (Wildman–Crippen MR) is 73.1 cm³/mol. The van der Waals surface area contributed by atoms with Crippen molar-refractivity contribution in [2.45, 2.75) is 12.5 Å². The Morgan fingerprint density at radius 2 is 2.00 bits per heavy atom. The lowest BCUT2D eigenvalue weighted by atomic mass is 10.0. The molecule has 2 aromatic rings. The van der Waals surface area contributed by atoms with E-state index in [0.29, 0.717) is 21.9 Å². The van der Waals surface area contributed by atoms with Crippen LogP contribution in [0.25, 0.3) is 0 Å². The Kier molecular flexibility index (Phi) is 4.40. The van der Waals surface area contributed by atoms with Crippen molar-refractivity contribution in [1.82, 2.24) is 0 Å². The zero-order valence-corrected chi connectivity index (χ0v) is 11.2. The first kappa shape index (κ1) is 13.8. The average Bonchev–Trinajstić information content (AvgIpc) is 2.41. The number of methoxy groups -OCH3 is 1. The first-order valence-electron chi connectivity index (χ1n) is 5.86. The first-order chi connectivity index (χ1) is 9.11. The van der Waals surface area contributed by atoms with E-state index in [1.165, 1.54) is 13.2 Å². The Labute approximate surface area is 116 Å². The molecule has 0 fully saturated rings. The largest absolute Gasteiger partial charge is 0.495 e. The van der Waals surface area contributed by atoms with Crippen LogP contribution in [0.2, 0.25) is 5.02 Å². The molecule has 2 rings (SSSR count). The summed E-state index contributed by atoms with van der Waals surface area (Å²) in [6, 6.07) is 11.4. The van der Waals surface area contributed by atoms with Crippen molar-refractivity contribution < 1.29 is 14.2 Å². The maximum Gasteiger partial charge on any atom is 0.137 e. The number of benzene rings is 2. The highest BCUT2D eigenvalue weighted by atomic mass is 35.5. The van der Waals surface area contributed by atoms with Crippen LogP contribution >= 0.6 is 11.6 Å². The van der Waals surface area contributed by atoms with E-state index in [1.807, 2.05) is 0 Å². The van der Waals surface area contributed by atoms with Gasteiger partial charge >= 0.3 is 0 Å². The lowest BCUT2D eigenvalue weighted by Crippen LogP contribution is -2.03. The van der Waals surface area contributed by atoms with Gasteiger partial charge in [0.2, 0.25) is 0 Å². The van der Waals surface area contributed by atoms with Crippen molar-refractivity contribution in [3.05, 3.63) is 64.4 Å². The van der Waals surface area contributed by atoms with Gasteiger partial charge in [-0.2, -0.15) is 0 Å². The van der Waals surface area contributed by atoms with E-state index in [2.05, 4.69) is 0 Å². The third kappa shape index (κ3) is 3.25. The van der Waals surface area contributed by atoms with Crippen molar-refractivity contribution in [3.63, 3.8) is 0 Å². The van der Waals surface area contributed by atoms with Gasteiger partial charge in [0.25, 0.3) is 0 Å². The zero-order valence-electron chi connectivity index (χ0n) is 10.4. The number of rotatable bonds is 4. The van der Waals surface area contributed by atoms with Crippen molar-refractivity contribution in [3.8, 4) is 5.75 Å². The van der Waals surface area contributed by atoms with Gasteiger partial charge in [-0.05, 0) is 29.3 Å². The fourth-order valence-corrected chi connectivity index (χ4v) is 2.15. The molecule has 0 saturated carbocycles. The van der Waals surface area contributed by atoms with E-state index in [0.717, 1.165) is 0 Å². The van der Waals surface area contributed by atoms with Crippen LogP contribution < -0.4 is 4.74 Å². The molecular formula is C15H14ClFO2. The SMILES string of the molecule is COc1ccc(C(O)Cc2ccccc2F)cc1Cl. The fourth-order valence-electron chi connectivity index (χ4n) is 1.88. The van der Waals surface area contributed by atoms with Crippen LogP contribution in [0.15, 0.2) is 42.5 Å². The van der Waals surface area contributed by atoms with Crippen molar-refractivity contribution in [1.29, 1.82) is 0 Å². The molecule has 1 N–H and O–H groups in total. The van der Waals surface area contributed by atoms with Crippen molar-refractivity contribution in [2.24, 2.45) is 0 Å². The van der Waals surface area contributed by atoms with E-state index in [4.69, 9.17) is 16.3 Å². The summed E-state index contributed by atoms with van der Waals surface area (Å²) < 4.78 is 18.6. The minimum absolute atomic E-state index is 0.204. The highest BCUT2D eigenvalue weighted by molar-refractivity contribution is 6.32. The summed E-state index contributed by atoms with van der Waals surface area (Å²) in [6.07, 6.45) is -0.602. The van der Waals surface area contributed by atoms with Crippen molar-refractivity contribution >= 4 is 11.6 Å². The lowest BCUT2D eigenvalue weighted by molar-refractivity contribution is 0.177. The molecule has 0 aliphatic carbocycles. The molecule has 1 unspecified atom stereocenters. The highest BCUT2D eigenvalue weighted by Gasteiger charge is 2.13. The molecule has 100 valence electrons. The van der Waals surface area contributed by atoms with Gasteiger partial charge in [-0.1, -0.05) is 35.9 Å². The van der Waals surface area contributed by atoms with E-state index in [9.17, 15) is 9.50 Å². The number of aliphatic hydroxyl groups excluding tert-OH is 1. The maximum atomic E-state index is 13.5. The molecule has 2 nitrogen and oxygen atoms in total. The molecule has 0 spiro atoms. The number of hydrogen-bond acceptors (Lipinski definition) is 2. The normalized spacial score (nSPS) is 12.2. The maximum absolute atomic E-state index is 13.5. The van der Waals surface area contributed by atoms with E-state index < -0.39 is 6.10 Å². The molecule has 0 heterocycles. The molecule has 0 aliphatic rings. The second kappa shape index (κ2) is 6.04. The first-order valence-corrected chi connectivity index (χ1v) is 6.24. The summed E-state index contributed by atoms with van der Waals surface area (Å²) in [7, 11) is 1.52. The van der Waals surface area contributed by atoms with Crippen LogP contribution in [0.1, 0.15) is 17.2 Å². The monoisotopic (exact) mass is 280 g/mol. The summed E-state index contributed by atoms with van der Waals surface area (Å²) in [4.78, 5) is 0. The van der Waals surface area contributed by atoms with Crippen LogP contribution in [0.4, 0.5) is 4.39 Å². The van der Waals surface area contributed by atoms with Gasteiger partial charge in [-0.3, -0.25) is 0 Å². The zero-order chi connectivity index (χ0) is 13.8. The second-order valence-corrected chi connectivity index (χ2v) is 4.61. The molecule has 1 atom stereocenters. The Morgan fingerprint density at radius 1 is 1.26 bits per heavy atom. The minimum Gasteiger partial charge on any atom is -0.495 e. The van der Waals surface area contributed by atoms with Crippen LogP contribution in [0.5, 0.6) is 5.75 Å². The summed E-state index contributed by atoms with van der Waals surface area (Å²) >= 11 is 6.00. The smallest absolute Gasteiger partial charge is 0.137 e. The predicted octanol–water partition coefficient (Wildman–Crippen LogP) is 3.76. The molecule has 0 radical (unpaired) electrons. The molecule has 0 aliphatic heterocycles. The molecular weight excluding hydrogens is 267 g/mol. The Hall–Kier alpha value is -1.58. The van der Waals surface area contributed by atoms with Gasteiger partial charge in [0.05, 0.1) is 18.2 Å². The number of hydrogen-bond donors (Lipinski definition) is 1.